The maximum Gasteiger partial charge on any atom is 0.168 e. The predicted octanol–water partition coefficient (Wildman–Crippen LogP) is 7.64. The van der Waals surface area contributed by atoms with Crippen LogP contribution in [0.15, 0.2) is 48.5 Å². The molecule has 0 aliphatic carbocycles. The first-order valence-corrected chi connectivity index (χ1v) is 11.4. The molecule has 0 N–H and O–H groups in total. The molecule has 3 aromatic carbocycles. The van der Waals surface area contributed by atoms with Crippen molar-refractivity contribution in [1.82, 2.24) is 0 Å². The largest absolute Gasteiger partial charge is 0.491 e. The maximum atomic E-state index is 14.7. The number of rotatable bonds is 10. The number of Topliss-reactive ketones (excluding diaryl/α,β-unsaturated/α-hetero) is 1. The molecule has 0 aliphatic heterocycles. The summed E-state index contributed by atoms with van der Waals surface area (Å²) in [6.07, 6.45) is 2.61. The van der Waals surface area contributed by atoms with Crippen LogP contribution in [0.3, 0.4) is 0 Å². The van der Waals surface area contributed by atoms with Gasteiger partial charge in [-0.3, -0.25) is 4.79 Å². The standard InChI is InChI=1S/C28H29F3O2/c1-4-7-19-10-12-20(13-11-19)23-15-14-21(27(30)28(23)31)8-6-9-24(32)22-16-17-25(33-5-2)26(29)18(22)3/h10-17H,4-9H2,1-3H3. The van der Waals surface area contributed by atoms with Gasteiger partial charge in [-0.25, -0.2) is 13.2 Å². The van der Waals surface area contributed by atoms with E-state index in [9.17, 15) is 18.0 Å². The van der Waals surface area contributed by atoms with Crippen molar-refractivity contribution in [1.29, 1.82) is 0 Å². The van der Waals surface area contributed by atoms with Crippen molar-refractivity contribution in [3.05, 3.63) is 88.2 Å². The summed E-state index contributed by atoms with van der Waals surface area (Å²) in [7, 11) is 0. The number of carbonyl (C=O) groups excluding carboxylic acids is 1. The zero-order chi connectivity index (χ0) is 24.0. The molecule has 0 fully saturated rings. The fourth-order valence-electron chi connectivity index (χ4n) is 3.95. The molecule has 0 unspecified atom stereocenters. The van der Waals surface area contributed by atoms with Crippen molar-refractivity contribution in [2.24, 2.45) is 0 Å². The quantitative estimate of drug-likeness (QED) is 0.294. The van der Waals surface area contributed by atoms with Gasteiger partial charge in [0.05, 0.1) is 6.61 Å². The monoisotopic (exact) mass is 454 g/mol. The highest BCUT2D eigenvalue weighted by atomic mass is 19.2. The smallest absolute Gasteiger partial charge is 0.168 e. The molecule has 5 heteroatoms. The molecule has 3 rings (SSSR count). The molecule has 0 radical (unpaired) electrons. The molecule has 0 aromatic heterocycles. The van der Waals surface area contributed by atoms with E-state index in [1.54, 1.807) is 37.3 Å². The third-order valence-corrected chi connectivity index (χ3v) is 5.77. The Morgan fingerprint density at radius 1 is 0.848 bits per heavy atom. The van der Waals surface area contributed by atoms with Crippen molar-refractivity contribution in [2.45, 2.75) is 52.9 Å². The number of hydrogen-bond donors (Lipinski definition) is 0. The summed E-state index contributed by atoms with van der Waals surface area (Å²) in [5, 5.41) is 0. The third kappa shape index (κ3) is 5.65. The summed E-state index contributed by atoms with van der Waals surface area (Å²) in [5.74, 6) is -2.44. The van der Waals surface area contributed by atoms with E-state index >= 15 is 0 Å². The minimum atomic E-state index is -0.888. The Kier molecular flexibility index (Phi) is 8.32. The van der Waals surface area contributed by atoms with Gasteiger partial charge < -0.3 is 4.74 Å². The van der Waals surface area contributed by atoms with E-state index in [2.05, 4.69) is 6.92 Å². The number of benzene rings is 3. The first-order chi connectivity index (χ1) is 15.9. The van der Waals surface area contributed by atoms with Crippen LogP contribution in [0.5, 0.6) is 5.75 Å². The molecule has 0 heterocycles. The minimum absolute atomic E-state index is 0.107. The topological polar surface area (TPSA) is 26.3 Å². The van der Waals surface area contributed by atoms with E-state index in [1.807, 2.05) is 12.1 Å². The Hall–Kier alpha value is -3.08. The second kappa shape index (κ2) is 11.2. The average molecular weight is 455 g/mol. The molecule has 2 nitrogen and oxygen atoms in total. The second-order valence-corrected chi connectivity index (χ2v) is 8.11. The van der Waals surface area contributed by atoms with Gasteiger partial charge in [-0.05, 0) is 67.5 Å². The van der Waals surface area contributed by atoms with Crippen LogP contribution < -0.4 is 4.74 Å². The number of hydrogen-bond acceptors (Lipinski definition) is 2. The van der Waals surface area contributed by atoms with Crippen LogP contribution in [-0.2, 0) is 12.8 Å². The molecule has 0 aliphatic rings. The SMILES string of the molecule is CCCc1ccc(-c2ccc(CCCC(=O)c3ccc(OCC)c(F)c3C)c(F)c2F)cc1. The van der Waals surface area contributed by atoms with E-state index in [0.29, 0.717) is 18.6 Å². The lowest BCUT2D eigenvalue weighted by Gasteiger charge is -2.11. The van der Waals surface area contributed by atoms with Gasteiger partial charge in [-0.15, -0.1) is 0 Å². The van der Waals surface area contributed by atoms with Crippen LogP contribution in [-0.4, -0.2) is 12.4 Å². The van der Waals surface area contributed by atoms with Gasteiger partial charge in [0.1, 0.15) is 0 Å². The number of halogens is 3. The molecular weight excluding hydrogens is 425 g/mol. The van der Waals surface area contributed by atoms with Crippen LogP contribution in [0.1, 0.15) is 60.2 Å². The highest BCUT2D eigenvalue weighted by molar-refractivity contribution is 5.97. The van der Waals surface area contributed by atoms with Crippen molar-refractivity contribution in [3.63, 3.8) is 0 Å². The molecule has 0 saturated heterocycles. The maximum absolute atomic E-state index is 14.7. The fourth-order valence-corrected chi connectivity index (χ4v) is 3.95. The number of aryl methyl sites for hydroxylation is 2. The fraction of sp³-hybridized carbons (Fsp3) is 0.321. The Morgan fingerprint density at radius 3 is 2.24 bits per heavy atom. The van der Waals surface area contributed by atoms with E-state index in [1.165, 1.54) is 13.0 Å². The molecule has 0 atom stereocenters. The summed E-state index contributed by atoms with van der Waals surface area (Å²) in [6.45, 7) is 5.71. The van der Waals surface area contributed by atoms with Crippen molar-refractivity contribution >= 4 is 5.78 Å². The van der Waals surface area contributed by atoms with Gasteiger partial charge >= 0.3 is 0 Å². The molecule has 0 saturated carbocycles. The molecule has 0 spiro atoms. The van der Waals surface area contributed by atoms with E-state index in [4.69, 9.17) is 4.74 Å². The van der Waals surface area contributed by atoms with Crippen LogP contribution in [0.4, 0.5) is 13.2 Å². The summed E-state index contributed by atoms with van der Waals surface area (Å²) in [6, 6.07) is 13.6. The Morgan fingerprint density at radius 2 is 1.58 bits per heavy atom. The molecular formula is C28H29F3O2. The summed E-state index contributed by atoms with van der Waals surface area (Å²) in [5.41, 5.74) is 2.74. The Labute approximate surface area is 193 Å². The zero-order valence-electron chi connectivity index (χ0n) is 19.3. The minimum Gasteiger partial charge on any atom is -0.491 e. The number of ketones is 1. The van der Waals surface area contributed by atoms with Gasteiger partial charge in [-0.1, -0.05) is 49.7 Å². The van der Waals surface area contributed by atoms with Crippen LogP contribution in [0, 0.1) is 24.4 Å². The van der Waals surface area contributed by atoms with Gasteiger partial charge in [-0.2, -0.15) is 0 Å². The second-order valence-electron chi connectivity index (χ2n) is 8.11. The first-order valence-electron chi connectivity index (χ1n) is 11.4. The molecule has 174 valence electrons. The van der Waals surface area contributed by atoms with Gasteiger partial charge in [0, 0.05) is 17.5 Å². The van der Waals surface area contributed by atoms with E-state index in [0.717, 1.165) is 18.4 Å². The van der Waals surface area contributed by atoms with E-state index in [-0.39, 0.29) is 46.6 Å². The van der Waals surface area contributed by atoms with Crippen LogP contribution >= 0.6 is 0 Å². The normalized spacial score (nSPS) is 11.0. The van der Waals surface area contributed by atoms with Gasteiger partial charge in [0.25, 0.3) is 0 Å². The van der Waals surface area contributed by atoms with E-state index < -0.39 is 17.5 Å². The molecule has 33 heavy (non-hydrogen) atoms. The van der Waals surface area contributed by atoms with Gasteiger partial charge in [0.15, 0.2) is 29.0 Å². The van der Waals surface area contributed by atoms with Gasteiger partial charge in [0.2, 0.25) is 0 Å². The lowest BCUT2D eigenvalue weighted by Crippen LogP contribution is -2.06. The molecule has 0 bridgehead atoms. The number of ether oxygens (including phenoxy) is 1. The summed E-state index contributed by atoms with van der Waals surface area (Å²) in [4.78, 5) is 12.6. The lowest BCUT2D eigenvalue weighted by atomic mass is 9.96. The zero-order valence-corrected chi connectivity index (χ0v) is 19.3. The van der Waals surface area contributed by atoms with Crippen molar-refractivity contribution < 1.29 is 22.7 Å². The predicted molar refractivity (Wildman–Crippen MR) is 125 cm³/mol. The third-order valence-electron chi connectivity index (χ3n) is 5.77. The highest BCUT2D eigenvalue weighted by Gasteiger charge is 2.18. The van der Waals surface area contributed by atoms with Crippen molar-refractivity contribution in [2.75, 3.05) is 6.61 Å². The highest BCUT2D eigenvalue weighted by Crippen LogP contribution is 2.28. The van der Waals surface area contributed by atoms with Crippen LogP contribution in [0.25, 0.3) is 11.1 Å². The lowest BCUT2D eigenvalue weighted by molar-refractivity contribution is 0.0979. The first kappa shape index (κ1) is 24.6. The summed E-state index contributed by atoms with van der Waals surface area (Å²) < 4.78 is 49.0. The van der Waals surface area contributed by atoms with Crippen molar-refractivity contribution in [3.8, 4) is 16.9 Å². The molecule has 3 aromatic rings. The average Bonchev–Trinajstić information content (AvgIpc) is 2.81. The number of carbonyl (C=O) groups is 1. The van der Waals surface area contributed by atoms with Crippen LogP contribution in [0.2, 0.25) is 0 Å². The Balaban J connectivity index is 1.67. The Bertz CT molecular complexity index is 1120. The summed E-state index contributed by atoms with van der Waals surface area (Å²) >= 11 is 0. The molecule has 0 amide bonds.